The van der Waals surface area contributed by atoms with E-state index in [1.54, 1.807) is 7.11 Å². The molecule has 0 saturated heterocycles. The monoisotopic (exact) mass is 326 g/mol. The second-order valence-corrected chi connectivity index (χ2v) is 6.20. The summed E-state index contributed by atoms with van der Waals surface area (Å²) in [4.78, 5) is 0. The van der Waals surface area contributed by atoms with Gasteiger partial charge in [0.1, 0.15) is 17.4 Å². The van der Waals surface area contributed by atoms with Crippen molar-refractivity contribution >= 4 is 6.08 Å². The van der Waals surface area contributed by atoms with Gasteiger partial charge in [-0.2, -0.15) is 0 Å². The second kappa shape index (κ2) is 8.11. The third kappa shape index (κ3) is 3.85. The average molecular weight is 326 g/mol. The first kappa shape index (κ1) is 16.7. The zero-order chi connectivity index (χ0) is 16.8. The van der Waals surface area contributed by atoms with Gasteiger partial charge < -0.3 is 14.6 Å². The predicted molar refractivity (Wildman–Crippen MR) is 96.1 cm³/mol. The van der Waals surface area contributed by atoms with E-state index in [4.69, 9.17) is 4.74 Å². The van der Waals surface area contributed by atoms with E-state index < -0.39 is 0 Å². The number of nitrogens with zero attached hydrogens (tertiary/aromatic N) is 3. The standard InChI is InChI=1S/C19H26N4O/c1-3-18-21-22-19-11-10-15(14-23(18)19)13-20-12-6-8-16-7-4-5-9-17(16)24-2/h4-9,15,20H,3,10-14H2,1-2H3/b8-6-/t15-/m1/s1. The lowest BCUT2D eigenvalue weighted by atomic mass is 9.99. The van der Waals surface area contributed by atoms with Crippen LogP contribution in [0, 0.1) is 5.92 Å². The molecule has 1 aliphatic heterocycles. The highest BCUT2D eigenvalue weighted by atomic mass is 16.5. The molecule has 0 unspecified atom stereocenters. The Bertz CT molecular complexity index is 679. The molecule has 1 aliphatic rings. The summed E-state index contributed by atoms with van der Waals surface area (Å²) in [6.07, 6.45) is 7.44. The lowest BCUT2D eigenvalue weighted by Gasteiger charge is -2.24. The van der Waals surface area contributed by atoms with Crippen LogP contribution in [0.1, 0.15) is 30.6 Å². The Morgan fingerprint density at radius 2 is 2.21 bits per heavy atom. The number of nitrogens with one attached hydrogen (secondary N) is 1. The van der Waals surface area contributed by atoms with Gasteiger partial charge in [-0.15, -0.1) is 10.2 Å². The molecule has 0 aliphatic carbocycles. The summed E-state index contributed by atoms with van der Waals surface area (Å²) in [6, 6.07) is 8.06. The molecule has 5 nitrogen and oxygen atoms in total. The fraction of sp³-hybridized carbons (Fsp3) is 0.474. The number of ether oxygens (including phenoxy) is 1. The van der Waals surface area contributed by atoms with Crippen molar-refractivity contribution in [2.24, 2.45) is 5.92 Å². The van der Waals surface area contributed by atoms with Gasteiger partial charge in [0.25, 0.3) is 0 Å². The molecule has 5 heteroatoms. The number of para-hydroxylation sites is 1. The topological polar surface area (TPSA) is 52.0 Å². The van der Waals surface area contributed by atoms with Gasteiger partial charge >= 0.3 is 0 Å². The Labute approximate surface area is 143 Å². The summed E-state index contributed by atoms with van der Waals surface area (Å²) < 4.78 is 7.66. The van der Waals surface area contributed by atoms with Crippen LogP contribution in [0.4, 0.5) is 0 Å². The third-order valence-corrected chi connectivity index (χ3v) is 4.57. The van der Waals surface area contributed by atoms with Crippen LogP contribution in [0.5, 0.6) is 5.75 Å². The van der Waals surface area contributed by atoms with Crippen molar-refractivity contribution in [1.82, 2.24) is 20.1 Å². The van der Waals surface area contributed by atoms with Crippen molar-refractivity contribution in [3.05, 3.63) is 47.6 Å². The van der Waals surface area contributed by atoms with E-state index in [9.17, 15) is 0 Å². The van der Waals surface area contributed by atoms with Crippen LogP contribution in [0.3, 0.4) is 0 Å². The van der Waals surface area contributed by atoms with Gasteiger partial charge in [0.2, 0.25) is 0 Å². The largest absolute Gasteiger partial charge is 0.496 e. The molecule has 3 rings (SSSR count). The molecule has 1 N–H and O–H groups in total. The van der Waals surface area contributed by atoms with Gasteiger partial charge in [0, 0.05) is 31.5 Å². The summed E-state index contributed by atoms with van der Waals surface area (Å²) in [5, 5.41) is 12.1. The number of aryl methyl sites for hydroxylation is 2. The van der Waals surface area contributed by atoms with Gasteiger partial charge in [-0.3, -0.25) is 0 Å². The minimum atomic E-state index is 0.651. The molecule has 0 fully saturated rings. The highest BCUT2D eigenvalue weighted by Gasteiger charge is 2.21. The Hall–Kier alpha value is -2.14. The van der Waals surface area contributed by atoms with E-state index in [0.717, 1.165) is 55.4 Å². The molecule has 0 bridgehead atoms. The van der Waals surface area contributed by atoms with E-state index in [1.165, 1.54) is 6.42 Å². The highest BCUT2D eigenvalue weighted by molar-refractivity contribution is 5.57. The van der Waals surface area contributed by atoms with Gasteiger partial charge in [0.05, 0.1) is 7.11 Å². The summed E-state index contributed by atoms with van der Waals surface area (Å²) >= 11 is 0. The Kier molecular flexibility index (Phi) is 5.64. The number of aromatic nitrogens is 3. The quantitative estimate of drug-likeness (QED) is 0.795. The second-order valence-electron chi connectivity index (χ2n) is 6.20. The van der Waals surface area contributed by atoms with Crippen LogP contribution in [0.2, 0.25) is 0 Å². The van der Waals surface area contributed by atoms with Crippen LogP contribution < -0.4 is 10.1 Å². The minimum Gasteiger partial charge on any atom is -0.496 e. The molecule has 0 spiro atoms. The number of benzene rings is 1. The molecule has 0 radical (unpaired) electrons. The molecule has 24 heavy (non-hydrogen) atoms. The van der Waals surface area contributed by atoms with E-state index in [2.05, 4.69) is 45.2 Å². The zero-order valence-electron chi connectivity index (χ0n) is 14.5. The molecule has 0 saturated carbocycles. The van der Waals surface area contributed by atoms with Crippen molar-refractivity contribution in [2.75, 3.05) is 20.2 Å². The highest BCUT2D eigenvalue weighted by Crippen LogP contribution is 2.20. The maximum absolute atomic E-state index is 5.36. The van der Waals surface area contributed by atoms with E-state index in [-0.39, 0.29) is 0 Å². The first-order valence-corrected chi connectivity index (χ1v) is 8.73. The third-order valence-electron chi connectivity index (χ3n) is 4.57. The number of fused-ring (bicyclic) bond motifs is 1. The smallest absolute Gasteiger partial charge is 0.133 e. The first-order chi connectivity index (χ1) is 11.8. The lowest BCUT2D eigenvalue weighted by Crippen LogP contribution is -2.30. The molecule has 1 aromatic carbocycles. The Morgan fingerprint density at radius 3 is 3.04 bits per heavy atom. The molecule has 2 aromatic rings. The van der Waals surface area contributed by atoms with Crippen molar-refractivity contribution in [3.8, 4) is 5.75 Å². The number of rotatable bonds is 7. The van der Waals surface area contributed by atoms with Crippen molar-refractivity contribution in [1.29, 1.82) is 0 Å². The normalized spacial score (nSPS) is 17.2. The average Bonchev–Trinajstić information content (AvgIpc) is 3.04. The van der Waals surface area contributed by atoms with Gasteiger partial charge in [-0.05, 0) is 24.9 Å². The summed E-state index contributed by atoms with van der Waals surface area (Å²) in [5.41, 5.74) is 1.11. The number of methoxy groups -OCH3 is 1. The number of hydrogen-bond donors (Lipinski definition) is 1. The van der Waals surface area contributed by atoms with E-state index >= 15 is 0 Å². The number of hydrogen-bond acceptors (Lipinski definition) is 4. The molecule has 1 aromatic heterocycles. The fourth-order valence-corrected chi connectivity index (χ4v) is 3.24. The maximum atomic E-state index is 5.36. The van der Waals surface area contributed by atoms with Crippen LogP contribution in [-0.2, 0) is 19.4 Å². The summed E-state index contributed by atoms with van der Waals surface area (Å²) in [6.45, 7) is 5.07. The van der Waals surface area contributed by atoms with E-state index in [0.29, 0.717) is 5.92 Å². The summed E-state index contributed by atoms with van der Waals surface area (Å²) in [5.74, 6) is 3.83. The fourth-order valence-electron chi connectivity index (χ4n) is 3.24. The van der Waals surface area contributed by atoms with Gasteiger partial charge in [-0.25, -0.2) is 0 Å². The van der Waals surface area contributed by atoms with Gasteiger partial charge in [-0.1, -0.05) is 37.3 Å². The van der Waals surface area contributed by atoms with E-state index in [1.807, 2.05) is 18.2 Å². The molecule has 2 heterocycles. The zero-order valence-corrected chi connectivity index (χ0v) is 14.5. The van der Waals surface area contributed by atoms with Crippen LogP contribution in [0.15, 0.2) is 30.3 Å². The molecule has 1 atom stereocenters. The minimum absolute atomic E-state index is 0.651. The van der Waals surface area contributed by atoms with Crippen LogP contribution >= 0.6 is 0 Å². The summed E-state index contributed by atoms with van der Waals surface area (Å²) in [7, 11) is 1.71. The maximum Gasteiger partial charge on any atom is 0.133 e. The van der Waals surface area contributed by atoms with Crippen molar-refractivity contribution in [3.63, 3.8) is 0 Å². The van der Waals surface area contributed by atoms with Crippen LogP contribution in [-0.4, -0.2) is 35.0 Å². The first-order valence-electron chi connectivity index (χ1n) is 8.73. The molecule has 128 valence electrons. The lowest BCUT2D eigenvalue weighted by molar-refractivity contribution is 0.347. The Balaban J connectivity index is 1.46. The molecular formula is C19H26N4O. The van der Waals surface area contributed by atoms with Crippen LogP contribution in [0.25, 0.3) is 6.08 Å². The predicted octanol–water partition coefficient (Wildman–Crippen LogP) is 2.71. The Morgan fingerprint density at radius 1 is 1.33 bits per heavy atom. The molecule has 0 amide bonds. The molecular weight excluding hydrogens is 300 g/mol. The van der Waals surface area contributed by atoms with Crippen molar-refractivity contribution < 1.29 is 4.74 Å². The van der Waals surface area contributed by atoms with Gasteiger partial charge in [0.15, 0.2) is 0 Å². The van der Waals surface area contributed by atoms with Crippen molar-refractivity contribution in [2.45, 2.75) is 32.7 Å². The SMILES string of the molecule is CCc1nnc2n1C[C@@H](CNC/C=C\c1ccccc1OC)CC2.